The van der Waals surface area contributed by atoms with Crippen molar-refractivity contribution in [2.75, 3.05) is 6.54 Å². The van der Waals surface area contributed by atoms with E-state index in [1.807, 2.05) is 16.8 Å². The molecule has 2 atom stereocenters. The molecule has 0 spiro atoms. The van der Waals surface area contributed by atoms with E-state index < -0.39 is 6.10 Å². The van der Waals surface area contributed by atoms with Crippen molar-refractivity contribution in [3.63, 3.8) is 0 Å². The second kappa shape index (κ2) is 6.57. The molecule has 2 aromatic rings. The number of thiophene rings is 1. The highest BCUT2D eigenvalue weighted by molar-refractivity contribution is 7.12. The Labute approximate surface area is 135 Å². The lowest BCUT2D eigenvalue weighted by Gasteiger charge is -2.16. The van der Waals surface area contributed by atoms with Crippen LogP contribution >= 0.6 is 22.7 Å². The molecule has 0 radical (unpaired) electrons. The standard InChI is InChI=1S/C16H24N2OS2/c1-10(17-8-13(19)12-6-7-20-9-12)14-11(2)18-15(21-14)16(3,4)5/h6-7,9-10,13,17,19H,8H2,1-5H3. The van der Waals surface area contributed by atoms with Crippen LogP contribution in [-0.4, -0.2) is 16.6 Å². The molecule has 2 rings (SSSR count). The maximum absolute atomic E-state index is 10.1. The Bertz CT molecular complexity index is 570. The number of nitrogens with zero attached hydrogens (tertiary/aromatic N) is 1. The van der Waals surface area contributed by atoms with Crippen LogP contribution in [0, 0.1) is 6.92 Å². The molecule has 3 nitrogen and oxygen atoms in total. The predicted molar refractivity (Wildman–Crippen MR) is 91.2 cm³/mol. The summed E-state index contributed by atoms with van der Waals surface area (Å²) >= 11 is 3.38. The second-order valence-electron chi connectivity index (χ2n) is 6.42. The third kappa shape index (κ3) is 4.13. The molecule has 2 heterocycles. The van der Waals surface area contributed by atoms with Crippen LogP contribution in [0.1, 0.15) is 61.0 Å². The zero-order chi connectivity index (χ0) is 15.6. The number of aliphatic hydroxyl groups excluding tert-OH is 1. The van der Waals surface area contributed by atoms with Crippen molar-refractivity contribution < 1.29 is 5.11 Å². The highest BCUT2D eigenvalue weighted by Gasteiger charge is 2.22. The molecular formula is C16H24N2OS2. The molecule has 0 saturated heterocycles. The van der Waals surface area contributed by atoms with Crippen molar-refractivity contribution >= 4 is 22.7 Å². The molecule has 0 aliphatic rings. The summed E-state index contributed by atoms with van der Waals surface area (Å²) in [4.78, 5) is 5.96. The van der Waals surface area contributed by atoms with E-state index in [2.05, 4.69) is 39.9 Å². The maximum atomic E-state index is 10.1. The van der Waals surface area contributed by atoms with Crippen molar-refractivity contribution in [2.24, 2.45) is 0 Å². The lowest BCUT2D eigenvalue weighted by molar-refractivity contribution is 0.171. The second-order valence-corrected chi connectivity index (χ2v) is 8.23. The van der Waals surface area contributed by atoms with E-state index in [-0.39, 0.29) is 11.5 Å². The first-order valence-electron chi connectivity index (χ1n) is 7.20. The molecule has 0 aliphatic heterocycles. The minimum absolute atomic E-state index is 0.0869. The maximum Gasteiger partial charge on any atom is 0.0985 e. The third-order valence-electron chi connectivity index (χ3n) is 3.41. The lowest BCUT2D eigenvalue weighted by Crippen LogP contribution is -2.24. The Kier molecular flexibility index (Phi) is 5.20. The van der Waals surface area contributed by atoms with Crippen molar-refractivity contribution in [3.05, 3.63) is 38.0 Å². The minimum atomic E-state index is -0.450. The van der Waals surface area contributed by atoms with Gasteiger partial charge in [0.25, 0.3) is 0 Å². The van der Waals surface area contributed by atoms with Gasteiger partial charge in [-0.15, -0.1) is 11.3 Å². The van der Waals surface area contributed by atoms with Crippen LogP contribution in [0.25, 0.3) is 0 Å². The van der Waals surface area contributed by atoms with E-state index >= 15 is 0 Å². The number of thiazole rings is 1. The van der Waals surface area contributed by atoms with Crippen molar-refractivity contribution in [1.82, 2.24) is 10.3 Å². The summed E-state index contributed by atoms with van der Waals surface area (Å²) < 4.78 is 0. The normalized spacial score (nSPS) is 15.1. The van der Waals surface area contributed by atoms with Crippen molar-refractivity contribution in [1.29, 1.82) is 0 Å². The third-order valence-corrected chi connectivity index (χ3v) is 5.88. The quantitative estimate of drug-likeness (QED) is 0.866. The van der Waals surface area contributed by atoms with Gasteiger partial charge >= 0.3 is 0 Å². The van der Waals surface area contributed by atoms with E-state index in [1.54, 1.807) is 22.7 Å². The molecule has 116 valence electrons. The first kappa shape index (κ1) is 16.6. The van der Waals surface area contributed by atoms with Crippen LogP contribution in [0.4, 0.5) is 0 Å². The first-order valence-corrected chi connectivity index (χ1v) is 8.96. The summed E-state index contributed by atoms with van der Waals surface area (Å²) in [5.41, 5.74) is 2.16. The number of nitrogens with one attached hydrogen (secondary N) is 1. The molecular weight excluding hydrogens is 300 g/mol. The number of rotatable bonds is 5. The molecule has 0 bridgehead atoms. The largest absolute Gasteiger partial charge is 0.387 e. The molecule has 0 saturated carbocycles. The van der Waals surface area contributed by atoms with Crippen LogP contribution in [0.3, 0.4) is 0 Å². The number of aliphatic hydroxyl groups is 1. The molecule has 0 amide bonds. The van der Waals surface area contributed by atoms with Crippen molar-refractivity contribution in [3.8, 4) is 0 Å². The Morgan fingerprint density at radius 2 is 2.10 bits per heavy atom. The molecule has 0 aliphatic carbocycles. The SMILES string of the molecule is Cc1nc(C(C)(C)C)sc1C(C)NCC(O)c1ccsc1. The van der Waals surface area contributed by atoms with E-state index in [9.17, 15) is 5.11 Å². The minimum Gasteiger partial charge on any atom is -0.387 e. The molecule has 2 N–H and O–H groups in total. The molecule has 21 heavy (non-hydrogen) atoms. The number of aromatic nitrogens is 1. The van der Waals surface area contributed by atoms with Crippen LogP contribution in [-0.2, 0) is 5.41 Å². The van der Waals surface area contributed by atoms with Crippen LogP contribution in [0.5, 0.6) is 0 Å². The Morgan fingerprint density at radius 3 is 2.62 bits per heavy atom. The van der Waals surface area contributed by atoms with Crippen LogP contribution in [0.15, 0.2) is 16.8 Å². The fraction of sp³-hybridized carbons (Fsp3) is 0.562. The first-order chi connectivity index (χ1) is 9.79. The van der Waals surface area contributed by atoms with Crippen LogP contribution in [0.2, 0.25) is 0 Å². The average Bonchev–Trinajstić information content (AvgIpc) is 3.03. The fourth-order valence-corrected chi connectivity index (χ4v) is 3.95. The summed E-state index contributed by atoms with van der Waals surface area (Å²) in [6.07, 6.45) is -0.450. The summed E-state index contributed by atoms with van der Waals surface area (Å²) in [7, 11) is 0. The van der Waals surface area contributed by atoms with Gasteiger partial charge in [0.15, 0.2) is 0 Å². The van der Waals surface area contributed by atoms with Gasteiger partial charge in [0.05, 0.1) is 16.8 Å². The summed E-state index contributed by atoms with van der Waals surface area (Å²) in [6, 6.07) is 2.17. The van der Waals surface area contributed by atoms with Crippen molar-refractivity contribution in [2.45, 2.75) is 52.2 Å². The Hall–Kier alpha value is -0.750. The monoisotopic (exact) mass is 324 g/mol. The van der Waals surface area contributed by atoms with Gasteiger partial charge in [0.2, 0.25) is 0 Å². The van der Waals surface area contributed by atoms with E-state index in [0.717, 1.165) is 11.3 Å². The summed E-state index contributed by atoms with van der Waals surface area (Å²) in [5.74, 6) is 0. The predicted octanol–water partition coefficient (Wildman–Crippen LogP) is 4.19. The van der Waals surface area contributed by atoms with Crippen LogP contribution < -0.4 is 5.32 Å². The van der Waals surface area contributed by atoms with E-state index in [0.29, 0.717) is 6.54 Å². The van der Waals surface area contributed by atoms with Gasteiger partial charge in [-0.2, -0.15) is 11.3 Å². The molecule has 0 fully saturated rings. The lowest BCUT2D eigenvalue weighted by atomic mass is 9.98. The summed E-state index contributed by atoms with van der Waals surface area (Å²) in [5, 5.41) is 18.7. The molecule has 2 unspecified atom stereocenters. The van der Waals surface area contributed by atoms with Gasteiger partial charge in [0, 0.05) is 22.9 Å². The highest BCUT2D eigenvalue weighted by Crippen LogP contribution is 2.32. The molecule has 0 aromatic carbocycles. The number of hydrogen-bond donors (Lipinski definition) is 2. The fourth-order valence-electron chi connectivity index (χ4n) is 2.09. The Balaban J connectivity index is 2.00. The Morgan fingerprint density at radius 1 is 1.38 bits per heavy atom. The topological polar surface area (TPSA) is 45.2 Å². The number of hydrogen-bond acceptors (Lipinski definition) is 5. The molecule has 2 aromatic heterocycles. The zero-order valence-electron chi connectivity index (χ0n) is 13.3. The smallest absolute Gasteiger partial charge is 0.0985 e. The highest BCUT2D eigenvalue weighted by atomic mass is 32.1. The van der Waals surface area contributed by atoms with Gasteiger partial charge in [0.1, 0.15) is 0 Å². The van der Waals surface area contributed by atoms with Gasteiger partial charge in [-0.25, -0.2) is 4.98 Å². The van der Waals surface area contributed by atoms with Gasteiger partial charge in [-0.1, -0.05) is 20.8 Å². The molecule has 5 heteroatoms. The van der Waals surface area contributed by atoms with Gasteiger partial charge < -0.3 is 10.4 Å². The van der Waals surface area contributed by atoms with Gasteiger partial charge in [-0.3, -0.25) is 0 Å². The number of aryl methyl sites for hydroxylation is 1. The van der Waals surface area contributed by atoms with Gasteiger partial charge in [-0.05, 0) is 36.2 Å². The zero-order valence-corrected chi connectivity index (χ0v) is 14.9. The summed E-state index contributed by atoms with van der Waals surface area (Å²) in [6.45, 7) is 11.3. The average molecular weight is 325 g/mol. The van der Waals surface area contributed by atoms with E-state index in [4.69, 9.17) is 4.98 Å². The van der Waals surface area contributed by atoms with E-state index in [1.165, 1.54) is 9.88 Å².